The molecule has 0 aromatic heterocycles. The van der Waals surface area contributed by atoms with E-state index < -0.39 is 21.8 Å². The normalized spacial score (nSPS) is 13.2. The van der Waals surface area contributed by atoms with Crippen LogP contribution in [0, 0.1) is 0 Å². The van der Waals surface area contributed by atoms with Crippen LogP contribution in [0.1, 0.15) is 11.7 Å². The molecule has 0 aliphatic heterocycles. The Morgan fingerprint density at radius 1 is 1.00 bits per heavy atom. The topological polar surface area (TPSA) is 34.1 Å². The Balaban J connectivity index is 2.19. The molecule has 0 saturated heterocycles. The fraction of sp³-hybridized carbons (Fsp3) is 0.143. The number of halogens is 2. The first kappa shape index (κ1) is 14.2. The summed E-state index contributed by atoms with van der Waals surface area (Å²) in [6.45, 7) is 0. The summed E-state index contributed by atoms with van der Waals surface area (Å²) in [5.41, 5.74) is 0.364. The number of benzene rings is 2. The Kier molecular flexibility index (Phi) is 4.37. The second-order valence-corrected chi connectivity index (χ2v) is 7.06. The van der Waals surface area contributed by atoms with Gasteiger partial charge in [-0.15, -0.1) is 0 Å². The first-order valence-electron chi connectivity index (χ1n) is 5.66. The van der Waals surface area contributed by atoms with Crippen molar-refractivity contribution in [1.29, 1.82) is 0 Å². The highest BCUT2D eigenvalue weighted by atomic mass is 79.9. The SMILES string of the molecule is O=S(=O)(CC(F)c1ccc(Br)cc1)c1ccccc1. The van der Waals surface area contributed by atoms with Gasteiger partial charge in [0.1, 0.15) is 6.17 Å². The van der Waals surface area contributed by atoms with E-state index >= 15 is 0 Å². The summed E-state index contributed by atoms with van der Waals surface area (Å²) in [6.07, 6.45) is -1.53. The van der Waals surface area contributed by atoms with Gasteiger partial charge in [-0.05, 0) is 29.8 Å². The predicted octanol–water partition coefficient (Wildman–Crippen LogP) is 3.93. The Morgan fingerprint density at radius 2 is 1.58 bits per heavy atom. The molecule has 0 fully saturated rings. The molecular weight excluding hydrogens is 331 g/mol. The van der Waals surface area contributed by atoms with E-state index in [1.165, 1.54) is 12.1 Å². The van der Waals surface area contributed by atoms with Gasteiger partial charge in [0, 0.05) is 4.47 Å². The van der Waals surface area contributed by atoms with Crippen molar-refractivity contribution >= 4 is 25.8 Å². The first-order valence-corrected chi connectivity index (χ1v) is 8.11. The summed E-state index contributed by atoms with van der Waals surface area (Å²) < 4.78 is 38.9. The van der Waals surface area contributed by atoms with Crippen molar-refractivity contribution in [3.8, 4) is 0 Å². The third-order valence-corrected chi connectivity index (χ3v) is 4.95. The highest BCUT2D eigenvalue weighted by molar-refractivity contribution is 9.10. The highest BCUT2D eigenvalue weighted by Crippen LogP contribution is 2.24. The minimum atomic E-state index is -3.60. The molecule has 1 atom stereocenters. The van der Waals surface area contributed by atoms with Gasteiger partial charge in [-0.2, -0.15) is 0 Å². The van der Waals surface area contributed by atoms with Crippen LogP contribution >= 0.6 is 15.9 Å². The summed E-state index contributed by atoms with van der Waals surface area (Å²) in [5, 5.41) is 0. The molecule has 0 bridgehead atoms. The third kappa shape index (κ3) is 3.64. The Labute approximate surface area is 120 Å². The first-order chi connectivity index (χ1) is 8.99. The van der Waals surface area contributed by atoms with Gasteiger partial charge in [-0.1, -0.05) is 46.3 Å². The van der Waals surface area contributed by atoms with E-state index in [0.717, 1.165) is 4.47 Å². The molecule has 0 saturated carbocycles. The Hall–Kier alpha value is -1.20. The van der Waals surface area contributed by atoms with E-state index in [4.69, 9.17) is 0 Å². The average Bonchev–Trinajstić information content (AvgIpc) is 2.40. The largest absolute Gasteiger partial charge is 0.241 e. The lowest BCUT2D eigenvalue weighted by atomic mass is 10.1. The Bertz CT molecular complexity index is 639. The monoisotopic (exact) mass is 342 g/mol. The van der Waals surface area contributed by atoms with Crippen molar-refractivity contribution in [2.75, 3.05) is 5.75 Å². The summed E-state index contributed by atoms with van der Waals surface area (Å²) >= 11 is 3.25. The van der Waals surface area contributed by atoms with E-state index in [1.807, 2.05) is 0 Å². The van der Waals surface area contributed by atoms with E-state index in [1.54, 1.807) is 42.5 Å². The van der Waals surface area contributed by atoms with Crippen molar-refractivity contribution in [3.63, 3.8) is 0 Å². The number of alkyl halides is 1. The second kappa shape index (κ2) is 5.84. The lowest BCUT2D eigenvalue weighted by molar-refractivity contribution is 0.374. The van der Waals surface area contributed by atoms with Gasteiger partial charge < -0.3 is 0 Å². The fourth-order valence-electron chi connectivity index (χ4n) is 1.68. The van der Waals surface area contributed by atoms with Gasteiger partial charge >= 0.3 is 0 Å². The maximum absolute atomic E-state index is 14.1. The van der Waals surface area contributed by atoms with Crippen LogP contribution in [0.25, 0.3) is 0 Å². The smallest absolute Gasteiger partial charge is 0.181 e. The molecule has 19 heavy (non-hydrogen) atoms. The summed E-state index contributed by atoms with van der Waals surface area (Å²) in [7, 11) is -3.60. The third-order valence-electron chi connectivity index (χ3n) is 2.70. The molecule has 2 nitrogen and oxygen atoms in total. The summed E-state index contributed by atoms with van der Waals surface area (Å²) in [6, 6.07) is 14.5. The van der Waals surface area contributed by atoms with Gasteiger partial charge in [0.2, 0.25) is 0 Å². The molecule has 0 aliphatic rings. The van der Waals surface area contributed by atoms with Crippen LogP contribution in [0.2, 0.25) is 0 Å². The van der Waals surface area contributed by atoms with Crippen LogP contribution in [0.15, 0.2) is 64.0 Å². The zero-order valence-electron chi connectivity index (χ0n) is 9.96. The molecule has 0 N–H and O–H groups in total. The van der Waals surface area contributed by atoms with Gasteiger partial charge in [0.15, 0.2) is 9.84 Å². The number of hydrogen-bond donors (Lipinski definition) is 0. The molecule has 0 amide bonds. The van der Waals surface area contributed by atoms with Gasteiger partial charge in [-0.3, -0.25) is 0 Å². The zero-order valence-corrected chi connectivity index (χ0v) is 12.4. The van der Waals surface area contributed by atoms with Gasteiger partial charge in [0.05, 0.1) is 10.6 Å². The van der Waals surface area contributed by atoms with Crippen molar-refractivity contribution < 1.29 is 12.8 Å². The maximum Gasteiger partial charge on any atom is 0.181 e. The lowest BCUT2D eigenvalue weighted by Gasteiger charge is -2.09. The van der Waals surface area contributed by atoms with Crippen molar-refractivity contribution in [2.45, 2.75) is 11.1 Å². The van der Waals surface area contributed by atoms with Crippen molar-refractivity contribution in [3.05, 3.63) is 64.6 Å². The molecule has 0 aliphatic carbocycles. The molecule has 1 unspecified atom stereocenters. The fourth-order valence-corrected chi connectivity index (χ4v) is 3.29. The molecule has 2 aromatic rings. The van der Waals surface area contributed by atoms with E-state index in [0.29, 0.717) is 5.56 Å². The van der Waals surface area contributed by atoms with Crippen LogP contribution in [-0.4, -0.2) is 14.2 Å². The number of rotatable bonds is 4. The molecule has 0 radical (unpaired) electrons. The zero-order chi connectivity index (χ0) is 13.9. The highest BCUT2D eigenvalue weighted by Gasteiger charge is 2.21. The molecular formula is C14H12BrFO2S. The molecule has 2 rings (SSSR count). The summed E-state index contributed by atoms with van der Waals surface area (Å²) in [4.78, 5) is 0.148. The van der Waals surface area contributed by atoms with Gasteiger partial charge in [0.25, 0.3) is 0 Å². The van der Waals surface area contributed by atoms with Crippen LogP contribution in [-0.2, 0) is 9.84 Å². The van der Waals surface area contributed by atoms with Crippen molar-refractivity contribution in [2.24, 2.45) is 0 Å². The molecule has 0 spiro atoms. The minimum absolute atomic E-state index is 0.148. The number of hydrogen-bond acceptors (Lipinski definition) is 2. The summed E-state index contributed by atoms with van der Waals surface area (Å²) in [5.74, 6) is -0.543. The molecule has 2 aromatic carbocycles. The standard InChI is InChI=1S/C14H12BrFO2S/c15-12-8-6-11(7-9-12)14(16)10-19(17,18)13-4-2-1-3-5-13/h1-9,14H,10H2. The van der Waals surface area contributed by atoms with Crippen LogP contribution in [0.5, 0.6) is 0 Å². The van der Waals surface area contributed by atoms with Gasteiger partial charge in [-0.25, -0.2) is 12.8 Å². The predicted molar refractivity (Wildman–Crippen MR) is 76.5 cm³/mol. The van der Waals surface area contributed by atoms with Crippen LogP contribution in [0.3, 0.4) is 0 Å². The maximum atomic E-state index is 14.1. The van der Waals surface area contributed by atoms with E-state index in [9.17, 15) is 12.8 Å². The lowest BCUT2D eigenvalue weighted by Crippen LogP contribution is -2.12. The molecule has 0 heterocycles. The van der Waals surface area contributed by atoms with Crippen LogP contribution < -0.4 is 0 Å². The number of sulfone groups is 1. The molecule has 100 valence electrons. The quantitative estimate of drug-likeness (QED) is 0.843. The van der Waals surface area contributed by atoms with Crippen molar-refractivity contribution in [1.82, 2.24) is 0 Å². The Morgan fingerprint density at radius 3 is 2.16 bits per heavy atom. The van der Waals surface area contributed by atoms with Crippen LogP contribution in [0.4, 0.5) is 4.39 Å². The van der Waals surface area contributed by atoms with E-state index in [-0.39, 0.29) is 4.90 Å². The minimum Gasteiger partial charge on any atom is -0.241 e. The molecule has 5 heteroatoms. The average molecular weight is 343 g/mol. The van der Waals surface area contributed by atoms with E-state index in [2.05, 4.69) is 15.9 Å². The second-order valence-electron chi connectivity index (χ2n) is 4.11.